The van der Waals surface area contributed by atoms with E-state index in [2.05, 4.69) is 31.3 Å². The zero-order valence-electron chi connectivity index (χ0n) is 28.1. The number of ether oxygens (including phenoxy) is 4. The number of hydroxylamine groups is 1. The van der Waals surface area contributed by atoms with Crippen LogP contribution in [0.2, 0.25) is 0 Å². The minimum Gasteiger partial charge on any atom is -0.497 e. The molecule has 10 heteroatoms. The first-order valence-electron chi connectivity index (χ1n) is 16.1. The molecule has 3 rings (SSSR count). The summed E-state index contributed by atoms with van der Waals surface area (Å²) >= 11 is 0. The summed E-state index contributed by atoms with van der Waals surface area (Å²) < 4.78 is 21.6. The number of hydrogen-bond acceptors (Lipinski definition) is 8. The highest BCUT2D eigenvalue weighted by molar-refractivity contribution is 5.99. The molecule has 0 fully saturated rings. The third kappa shape index (κ3) is 16.1. The molecule has 256 valence electrons. The first-order chi connectivity index (χ1) is 22.8. The normalized spacial score (nSPS) is 11.0. The topological polar surface area (TPSA) is 132 Å². The van der Waals surface area contributed by atoms with E-state index in [1.54, 1.807) is 50.0 Å². The van der Waals surface area contributed by atoms with E-state index in [1.165, 1.54) is 12.0 Å². The average Bonchev–Trinajstić information content (AvgIpc) is 3.10. The number of rotatable bonds is 20. The Labute approximate surface area is 278 Å². The summed E-state index contributed by atoms with van der Waals surface area (Å²) in [6.07, 6.45) is 4.40. The summed E-state index contributed by atoms with van der Waals surface area (Å²) in [4.78, 5) is 36.7. The van der Waals surface area contributed by atoms with Crippen molar-refractivity contribution in [3.05, 3.63) is 89.5 Å². The highest BCUT2D eigenvalue weighted by Gasteiger charge is 2.20. The van der Waals surface area contributed by atoms with Gasteiger partial charge in [0.1, 0.15) is 23.9 Å². The lowest BCUT2D eigenvalue weighted by atomic mass is 9.94. The first kappa shape index (κ1) is 38.8. The number of benzene rings is 3. The number of amides is 2. The Hall–Kier alpha value is -4.41. The van der Waals surface area contributed by atoms with Gasteiger partial charge < -0.3 is 24.3 Å². The van der Waals surface area contributed by atoms with E-state index in [0.717, 1.165) is 24.3 Å². The molecule has 10 nitrogen and oxygen atoms in total. The third-order valence-corrected chi connectivity index (χ3v) is 7.27. The Morgan fingerprint density at radius 1 is 0.809 bits per heavy atom. The molecule has 3 aromatic carbocycles. The van der Waals surface area contributed by atoms with E-state index >= 15 is 0 Å². The summed E-state index contributed by atoms with van der Waals surface area (Å²) in [6.45, 7) is 5.84. The van der Waals surface area contributed by atoms with Crippen molar-refractivity contribution in [2.75, 3.05) is 40.6 Å². The van der Waals surface area contributed by atoms with Crippen molar-refractivity contribution < 1.29 is 38.5 Å². The van der Waals surface area contributed by atoms with E-state index in [-0.39, 0.29) is 31.1 Å². The summed E-state index contributed by atoms with van der Waals surface area (Å²) in [5.41, 5.74) is 4.38. The number of hydrogen-bond donors (Lipinski definition) is 3. The van der Waals surface area contributed by atoms with Gasteiger partial charge >= 0.3 is 0 Å². The van der Waals surface area contributed by atoms with Gasteiger partial charge in [0.25, 0.3) is 0 Å². The minimum absolute atomic E-state index is 0.00212. The molecule has 0 aliphatic heterocycles. The maximum absolute atomic E-state index is 12.8. The maximum Gasteiger partial charge on any atom is 0.243 e. The molecule has 0 aliphatic rings. The SMILES string of the molecule is CCCCOc1ccc(C)cc1.COCCOc1cc(CCC[C@H](CCC(=O)NO)C(=O)NCC(=O)c2ccccc2)cc(OC)c1. The van der Waals surface area contributed by atoms with Crippen molar-refractivity contribution in [2.45, 2.75) is 58.8 Å². The lowest BCUT2D eigenvalue weighted by Gasteiger charge is -2.17. The second-order valence-electron chi connectivity index (χ2n) is 11.0. The molecule has 3 aromatic rings. The van der Waals surface area contributed by atoms with Gasteiger partial charge in [-0.05, 0) is 68.9 Å². The zero-order valence-corrected chi connectivity index (χ0v) is 28.1. The molecular weight excluding hydrogens is 600 g/mol. The lowest BCUT2D eigenvalue weighted by Crippen LogP contribution is -2.35. The summed E-state index contributed by atoms with van der Waals surface area (Å²) in [5, 5.41) is 11.5. The molecule has 0 bridgehead atoms. The molecular formula is C37H50N2O8. The van der Waals surface area contributed by atoms with Gasteiger partial charge in [-0.25, -0.2) is 5.48 Å². The summed E-state index contributed by atoms with van der Waals surface area (Å²) in [5.74, 6) is 0.784. The van der Waals surface area contributed by atoms with Gasteiger partial charge in [0.15, 0.2) is 5.78 Å². The Kier molecular flexibility index (Phi) is 19.0. The molecule has 0 saturated carbocycles. The molecule has 0 heterocycles. The van der Waals surface area contributed by atoms with E-state index in [0.29, 0.717) is 49.5 Å². The molecule has 1 atom stereocenters. The van der Waals surface area contributed by atoms with Gasteiger partial charge in [0.05, 0.1) is 26.9 Å². The highest BCUT2D eigenvalue weighted by atomic mass is 16.5. The maximum atomic E-state index is 12.8. The zero-order chi connectivity index (χ0) is 34.3. The smallest absolute Gasteiger partial charge is 0.243 e. The van der Waals surface area contributed by atoms with Gasteiger partial charge in [-0.3, -0.25) is 19.6 Å². The van der Waals surface area contributed by atoms with Crippen LogP contribution in [0.3, 0.4) is 0 Å². The van der Waals surface area contributed by atoms with Gasteiger partial charge in [-0.15, -0.1) is 0 Å². The van der Waals surface area contributed by atoms with Crippen molar-refractivity contribution in [3.63, 3.8) is 0 Å². The van der Waals surface area contributed by atoms with E-state index < -0.39 is 11.8 Å². The van der Waals surface area contributed by atoms with Crippen LogP contribution in [0.4, 0.5) is 0 Å². The van der Waals surface area contributed by atoms with Crippen LogP contribution in [0.25, 0.3) is 0 Å². The van der Waals surface area contributed by atoms with Crippen LogP contribution < -0.4 is 25.0 Å². The number of methoxy groups -OCH3 is 2. The number of aryl methyl sites for hydroxylation is 2. The van der Waals surface area contributed by atoms with E-state index in [4.69, 9.17) is 24.2 Å². The van der Waals surface area contributed by atoms with Crippen LogP contribution >= 0.6 is 0 Å². The molecule has 0 aromatic heterocycles. The van der Waals surface area contributed by atoms with Crippen LogP contribution in [-0.2, 0) is 20.7 Å². The molecule has 0 saturated heterocycles. The number of carbonyl (C=O) groups is 3. The second-order valence-corrected chi connectivity index (χ2v) is 11.0. The molecule has 47 heavy (non-hydrogen) atoms. The van der Waals surface area contributed by atoms with Crippen LogP contribution in [0.1, 0.15) is 66.9 Å². The van der Waals surface area contributed by atoms with Crippen molar-refractivity contribution in [1.82, 2.24) is 10.8 Å². The molecule has 0 unspecified atom stereocenters. The number of Topliss-reactive ketones (excluding diaryl/α,β-unsaturated/α-hetero) is 1. The fraction of sp³-hybridized carbons (Fsp3) is 0.432. The van der Waals surface area contributed by atoms with Crippen LogP contribution in [0.5, 0.6) is 17.2 Å². The van der Waals surface area contributed by atoms with Crippen molar-refractivity contribution in [1.29, 1.82) is 0 Å². The lowest BCUT2D eigenvalue weighted by molar-refractivity contribution is -0.130. The Morgan fingerprint density at radius 2 is 1.51 bits per heavy atom. The first-order valence-corrected chi connectivity index (χ1v) is 16.1. The van der Waals surface area contributed by atoms with Crippen molar-refractivity contribution in [2.24, 2.45) is 5.92 Å². The molecule has 2 amide bonds. The monoisotopic (exact) mass is 650 g/mol. The molecule has 3 N–H and O–H groups in total. The quantitative estimate of drug-likeness (QED) is 0.0577. The molecule has 0 spiro atoms. The van der Waals surface area contributed by atoms with Crippen molar-refractivity contribution in [3.8, 4) is 17.2 Å². The number of unbranched alkanes of at least 4 members (excludes halogenated alkanes) is 1. The standard InChI is InChI=1S/C26H34N2O7.C11H16O/c1-33-13-14-35-23-16-19(15-22(17-23)34-2)7-6-10-21(11-12-25(30)28-32)26(31)27-18-24(29)20-8-4-3-5-9-20;1-3-4-9-12-11-7-5-10(2)6-8-11/h3-5,8-9,15-17,21,32H,6-7,10-14,18H2,1-2H3,(H,27,31)(H,28,30);5-8H,3-4,9H2,1-2H3/t21-;/m1./s1. The highest BCUT2D eigenvalue weighted by Crippen LogP contribution is 2.25. The fourth-order valence-electron chi connectivity index (χ4n) is 4.55. The summed E-state index contributed by atoms with van der Waals surface area (Å²) in [6, 6.07) is 22.5. The second kappa shape index (κ2) is 23.0. The molecule has 0 aliphatic carbocycles. The van der Waals surface area contributed by atoms with Gasteiger partial charge in [0.2, 0.25) is 11.8 Å². The third-order valence-electron chi connectivity index (χ3n) is 7.27. The van der Waals surface area contributed by atoms with Crippen LogP contribution in [0, 0.1) is 12.8 Å². The van der Waals surface area contributed by atoms with Crippen LogP contribution in [0.15, 0.2) is 72.8 Å². The van der Waals surface area contributed by atoms with Gasteiger partial charge in [-0.1, -0.05) is 61.4 Å². The Bertz CT molecular complexity index is 1330. The number of ketones is 1. The van der Waals surface area contributed by atoms with Gasteiger partial charge in [0, 0.05) is 31.1 Å². The Morgan fingerprint density at radius 3 is 2.17 bits per heavy atom. The Balaban J connectivity index is 0.000000535. The number of nitrogens with one attached hydrogen (secondary N) is 2. The predicted octanol–water partition coefficient (Wildman–Crippen LogP) is 6.12. The average molecular weight is 651 g/mol. The van der Waals surface area contributed by atoms with E-state index in [1.807, 2.05) is 30.3 Å². The molecule has 0 radical (unpaired) electrons. The minimum atomic E-state index is -0.561. The van der Waals surface area contributed by atoms with E-state index in [9.17, 15) is 14.4 Å². The fourth-order valence-corrected chi connectivity index (χ4v) is 4.55. The van der Waals surface area contributed by atoms with Crippen LogP contribution in [-0.4, -0.2) is 63.4 Å². The summed E-state index contributed by atoms with van der Waals surface area (Å²) in [7, 11) is 3.19. The van der Waals surface area contributed by atoms with Gasteiger partial charge in [-0.2, -0.15) is 0 Å². The van der Waals surface area contributed by atoms with Crippen molar-refractivity contribution >= 4 is 17.6 Å². The predicted molar refractivity (Wildman–Crippen MR) is 181 cm³/mol. The largest absolute Gasteiger partial charge is 0.497 e. The number of carbonyl (C=O) groups excluding carboxylic acids is 3.